The molecule has 1 aromatic carbocycles. The molecule has 2 rings (SSSR count). The number of likely N-dealkylation sites (N-methyl/N-ethyl adjacent to an activating group) is 1. The Morgan fingerprint density at radius 3 is 2.71 bits per heavy atom. The molecule has 1 heterocycles. The Morgan fingerprint density at radius 1 is 1.43 bits per heavy atom. The Hall–Kier alpha value is -0.900. The molecule has 14 heavy (non-hydrogen) atoms. The van der Waals surface area contributed by atoms with Gasteiger partial charge in [-0.1, -0.05) is 30.3 Å². The Labute approximate surface area is 83.9 Å². The summed E-state index contributed by atoms with van der Waals surface area (Å²) < 4.78 is 5.13. The number of hydrogen-bond donors (Lipinski definition) is 1. The average molecular weight is 193 g/mol. The van der Waals surface area contributed by atoms with E-state index in [1.807, 2.05) is 30.1 Å². The van der Waals surface area contributed by atoms with Crippen molar-refractivity contribution in [2.45, 2.75) is 18.9 Å². The molecule has 3 heteroatoms. The number of benzene rings is 1. The molecule has 0 spiro atoms. The summed E-state index contributed by atoms with van der Waals surface area (Å²) in [4.78, 5) is 1.85. The number of hydrogen-bond acceptors (Lipinski definition) is 3. The van der Waals surface area contributed by atoms with Crippen molar-refractivity contribution in [1.29, 1.82) is 0 Å². The molecule has 1 N–H and O–H groups in total. The Balaban J connectivity index is 1.99. The van der Waals surface area contributed by atoms with Crippen molar-refractivity contribution in [3.05, 3.63) is 35.9 Å². The zero-order valence-corrected chi connectivity index (χ0v) is 8.26. The second-order valence-corrected chi connectivity index (χ2v) is 3.67. The molecule has 1 aliphatic heterocycles. The van der Waals surface area contributed by atoms with Crippen LogP contribution in [0.5, 0.6) is 0 Å². The highest BCUT2D eigenvalue weighted by Gasteiger charge is 2.29. The molecule has 0 bridgehead atoms. The summed E-state index contributed by atoms with van der Waals surface area (Å²) in [5, 5.41) is 9.35. The maximum Gasteiger partial charge on any atom is 0.216 e. The molecular weight excluding hydrogens is 178 g/mol. The molecule has 1 aliphatic rings. The van der Waals surface area contributed by atoms with Crippen LogP contribution in [0.25, 0.3) is 0 Å². The molecule has 3 nitrogen and oxygen atoms in total. The lowest BCUT2D eigenvalue weighted by molar-refractivity contribution is -0.127. The number of aliphatic hydroxyl groups excluding tert-OH is 1. The molecule has 2 atom stereocenters. The van der Waals surface area contributed by atoms with E-state index in [0.717, 1.165) is 6.42 Å². The fourth-order valence-corrected chi connectivity index (χ4v) is 1.70. The van der Waals surface area contributed by atoms with Gasteiger partial charge in [0.1, 0.15) is 0 Å². The fraction of sp³-hybridized carbons (Fsp3) is 0.455. The number of nitrogens with zero attached hydrogens (tertiary/aromatic N) is 1. The minimum atomic E-state index is -0.733. The van der Waals surface area contributed by atoms with Crippen LogP contribution in [0.3, 0.4) is 0 Å². The van der Waals surface area contributed by atoms with Gasteiger partial charge in [0.2, 0.25) is 6.41 Å². The largest absolute Gasteiger partial charge is 0.356 e. The van der Waals surface area contributed by atoms with Crippen molar-refractivity contribution >= 4 is 0 Å². The van der Waals surface area contributed by atoms with Crippen LogP contribution in [-0.2, 0) is 11.2 Å². The van der Waals surface area contributed by atoms with Crippen LogP contribution in [0.2, 0.25) is 0 Å². The fourth-order valence-electron chi connectivity index (χ4n) is 1.70. The number of rotatable bonds is 2. The maximum atomic E-state index is 9.35. The highest BCUT2D eigenvalue weighted by atomic mass is 16.6. The minimum Gasteiger partial charge on any atom is -0.356 e. The third-order valence-electron chi connectivity index (χ3n) is 2.68. The van der Waals surface area contributed by atoms with Crippen LogP contribution in [-0.4, -0.2) is 36.1 Å². The summed E-state index contributed by atoms with van der Waals surface area (Å²) in [5.41, 5.74) is 1.28. The lowest BCUT2D eigenvalue weighted by atomic mass is 10.1. The molecule has 0 aromatic heterocycles. The van der Waals surface area contributed by atoms with Gasteiger partial charge in [-0.3, -0.25) is 4.90 Å². The van der Waals surface area contributed by atoms with Crippen LogP contribution in [0.15, 0.2) is 30.3 Å². The first-order valence-corrected chi connectivity index (χ1v) is 4.83. The van der Waals surface area contributed by atoms with Crippen molar-refractivity contribution in [2.75, 3.05) is 13.7 Å². The molecule has 0 aliphatic carbocycles. The van der Waals surface area contributed by atoms with Gasteiger partial charge in [0.25, 0.3) is 0 Å². The first kappa shape index (κ1) is 9.65. The normalized spacial score (nSPS) is 28.1. The van der Waals surface area contributed by atoms with Gasteiger partial charge in [-0.15, -0.1) is 0 Å². The second-order valence-electron chi connectivity index (χ2n) is 3.67. The molecular formula is C11H15NO2. The Morgan fingerprint density at radius 2 is 2.14 bits per heavy atom. The molecule has 1 fully saturated rings. The molecule has 0 radical (unpaired) electrons. The maximum absolute atomic E-state index is 9.35. The SMILES string of the molecule is CN1C(O)OC[C@H]1Cc1ccccc1. The summed E-state index contributed by atoms with van der Waals surface area (Å²) in [7, 11) is 1.88. The predicted molar refractivity (Wildman–Crippen MR) is 53.7 cm³/mol. The number of aliphatic hydroxyl groups is 1. The van der Waals surface area contributed by atoms with E-state index in [4.69, 9.17) is 4.74 Å². The summed E-state index contributed by atoms with van der Waals surface area (Å²) in [6.07, 6.45) is 0.192. The van der Waals surface area contributed by atoms with Gasteiger partial charge in [0, 0.05) is 6.04 Å². The number of ether oxygens (including phenoxy) is 1. The van der Waals surface area contributed by atoms with E-state index in [-0.39, 0.29) is 6.04 Å². The first-order valence-electron chi connectivity index (χ1n) is 4.83. The van der Waals surface area contributed by atoms with E-state index in [9.17, 15) is 5.11 Å². The summed E-state index contributed by atoms with van der Waals surface area (Å²) >= 11 is 0. The van der Waals surface area contributed by atoms with E-state index in [2.05, 4.69) is 12.1 Å². The zero-order chi connectivity index (χ0) is 9.97. The van der Waals surface area contributed by atoms with Gasteiger partial charge >= 0.3 is 0 Å². The third-order valence-corrected chi connectivity index (χ3v) is 2.68. The lowest BCUT2D eigenvalue weighted by Crippen LogP contribution is -2.34. The van der Waals surface area contributed by atoms with E-state index in [1.54, 1.807) is 0 Å². The second kappa shape index (κ2) is 4.09. The topological polar surface area (TPSA) is 32.7 Å². The molecule has 0 saturated carbocycles. The molecule has 1 saturated heterocycles. The predicted octanol–water partition coefficient (Wildman–Crippen LogP) is 0.836. The van der Waals surface area contributed by atoms with Gasteiger partial charge in [0.05, 0.1) is 6.61 Å². The standard InChI is InChI=1S/C11H15NO2/c1-12-10(8-14-11(12)13)7-9-5-3-2-4-6-9/h2-6,10-11,13H,7-8H2,1H3/t10-,11?/m1/s1. The lowest BCUT2D eigenvalue weighted by Gasteiger charge is -2.19. The van der Waals surface area contributed by atoms with Gasteiger partial charge in [-0.2, -0.15) is 0 Å². The highest BCUT2D eigenvalue weighted by molar-refractivity contribution is 5.16. The van der Waals surface area contributed by atoms with Crippen molar-refractivity contribution < 1.29 is 9.84 Å². The van der Waals surface area contributed by atoms with E-state index in [1.165, 1.54) is 5.56 Å². The van der Waals surface area contributed by atoms with E-state index < -0.39 is 6.41 Å². The van der Waals surface area contributed by atoms with Gasteiger partial charge in [0.15, 0.2) is 0 Å². The summed E-state index contributed by atoms with van der Waals surface area (Å²) in [5.74, 6) is 0. The van der Waals surface area contributed by atoms with Crippen LogP contribution >= 0.6 is 0 Å². The Bertz CT molecular complexity index is 289. The molecule has 1 aromatic rings. The average Bonchev–Trinajstić information content (AvgIpc) is 2.52. The third kappa shape index (κ3) is 1.95. The van der Waals surface area contributed by atoms with Crippen LogP contribution < -0.4 is 0 Å². The molecule has 0 amide bonds. The van der Waals surface area contributed by atoms with E-state index in [0.29, 0.717) is 6.61 Å². The van der Waals surface area contributed by atoms with Crippen LogP contribution in [0.1, 0.15) is 5.56 Å². The van der Waals surface area contributed by atoms with Crippen LogP contribution in [0, 0.1) is 0 Å². The van der Waals surface area contributed by atoms with Crippen LogP contribution in [0.4, 0.5) is 0 Å². The summed E-state index contributed by atoms with van der Waals surface area (Å²) in [6.45, 7) is 0.604. The Kier molecular flexibility index (Phi) is 2.82. The zero-order valence-electron chi connectivity index (χ0n) is 8.26. The quantitative estimate of drug-likeness (QED) is 0.755. The van der Waals surface area contributed by atoms with Crippen molar-refractivity contribution in [3.63, 3.8) is 0 Å². The van der Waals surface area contributed by atoms with E-state index >= 15 is 0 Å². The highest BCUT2D eigenvalue weighted by Crippen LogP contribution is 2.16. The smallest absolute Gasteiger partial charge is 0.216 e. The minimum absolute atomic E-state index is 0.285. The van der Waals surface area contributed by atoms with Crippen molar-refractivity contribution in [1.82, 2.24) is 4.90 Å². The van der Waals surface area contributed by atoms with Crippen molar-refractivity contribution in [2.24, 2.45) is 0 Å². The molecule has 76 valence electrons. The van der Waals surface area contributed by atoms with Gasteiger partial charge in [-0.25, -0.2) is 0 Å². The summed E-state index contributed by atoms with van der Waals surface area (Å²) in [6, 6.07) is 10.5. The van der Waals surface area contributed by atoms with Gasteiger partial charge < -0.3 is 9.84 Å². The van der Waals surface area contributed by atoms with Gasteiger partial charge in [-0.05, 0) is 19.0 Å². The monoisotopic (exact) mass is 193 g/mol. The molecule has 1 unspecified atom stereocenters. The van der Waals surface area contributed by atoms with Crippen molar-refractivity contribution in [3.8, 4) is 0 Å². The first-order chi connectivity index (χ1) is 6.77.